The lowest BCUT2D eigenvalue weighted by molar-refractivity contribution is -0.138. The molecule has 2 nitrogen and oxygen atoms in total. The van der Waals surface area contributed by atoms with Crippen molar-refractivity contribution in [2.45, 2.75) is 13.5 Å². The van der Waals surface area contributed by atoms with Crippen molar-refractivity contribution in [1.82, 2.24) is 0 Å². The van der Waals surface area contributed by atoms with E-state index in [4.69, 9.17) is 16.3 Å². The quantitative estimate of drug-likeness (QED) is 0.612. The van der Waals surface area contributed by atoms with Crippen molar-refractivity contribution in [2.75, 3.05) is 0 Å². The van der Waals surface area contributed by atoms with Gasteiger partial charge in [-0.15, -0.1) is 0 Å². The number of halogens is 2. The van der Waals surface area contributed by atoms with Gasteiger partial charge in [0.2, 0.25) is 0 Å². The second kappa shape index (κ2) is 7.04. The second-order valence-electron chi connectivity index (χ2n) is 4.56. The SMILES string of the molecule is Cc1ccc(COC(=O)/C=C/c2c(F)cccc2Cl)cc1. The molecule has 0 unspecified atom stereocenters. The van der Waals surface area contributed by atoms with E-state index in [1.807, 2.05) is 31.2 Å². The van der Waals surface area contributed by atoms with Crippen molar-refractivity contribution in [3.8, 4) is 0 Å². The van der Waals surface area contributed by atoms with Gasteiger partial charge in [-0.05, 0) is 30.7 Å². The predicted molar refractivity (Wildman–Crippen MR) is 81.4 cm³/mol. The molecule has 0 spiro atoms. The summed E-state index contributed by atoms with van der Waals surface area (Å²) in [7, 11) is 0. The number of benzene rings is 2. The largest absolute Gasteiger partial charge is 0.458 e. The van der Waals surface area contributed by atoms with Crippen LogP contribution in [0.25, 0.3) is 6.08 Å². The number of carbonyl (C=O) groups excluding carboxylic acids is 1. The molecule has 0 aliphatic carbocycles. The van der Waals surface area contributed by atoms with Crippen molar-refractivity contribution in [1.29, 1.82) is 0 Å². The molecule has 0 heterocycles. The van der Waals surface area contributed by atoms with Gasteiger partial charge >= 0.3 is 5.97 Å². The molecule has 0 radical (unpaired) electrons. The maximum absolute atomic E-state index is 13.5. The number of carbonyl (C=O) groups is 1. The fourth-order valence-corrected chi connectivity index (χ4v) is 1.93. The van der Waals surface area contributed by atoms with Crippen molar-refractivity contribution in [2.24, 2.45) is 0 Å². The summed E-state index contributed by atoms with van der Waals surface area (Å²) in [5.74, 6) is -1.03. The Hall–Kier alpha value is -2.13. The highest BCUT2D eigenvalue weighted by molar-refractivity contribution is 6.32. The van der Waals surface area contributed by atoms with E-state index in [0.717, 1.165) is 11.1 Å². The monoisotopic (exact) mass is 304 g/mol. The molecule has 0 aliphatic heterocycles. The van der Waals surface area contributed by atoms with Crippen molar-refractivity contribution in [3.05, 3.63) is 76.1 Å². The molecule has 4 heteroatoms. The highest BCUT2D eigenvalue weighted by Crippen LogP contribution is 2.20. The van der Waals surface area contributed by atoms with Crippen LogP contribution < -0.4 is 0 Å². The number of hydrogen-bond donors (Lipinski definition) is 0. The zero-order chi connectivity index (χ0) is 15.2. The third-order valence-corrected chi connectivity index (χ3v) is 3.22. The van der Waals surface area contributed by atoms with Gasteiger partial charge in [0.1, 0.15) is 12.4 Å². The van der Waals surface area contributed by atoms with E-state index in [1.54, 1.807) is 6.07 Å². The Morgan fingerprint density at radius 1 is 1.24 bits per heavy atom. The van der Waals surface area contributed by atoms with Gasteiger partial charge in [0.05, 0.1) is 5.02 Å². The summed E-state index contributed by atoms with van der Waals surface area (Å²) < 4.78 is 18.6. The number of rotatable bonds is 4. The first kappa shape index (κ1) is 15.3. The second-order valence-corrected chi connectivity index (χ2v) is 4.97. The van der Waals surface area contributed by atoms with Crippen LogP contribution in [0.3, 0.4) is 0 Å². The highest BCUT2D eigenvalue weighted by atomic mass is 35.5. The van der Waals surface area contributed by atoms with Crippen LogP contribution >= 0.6 is 11.6 Å². The van der Waals surface area contributed by atoms with Gasteiger partial charge in [-0.3, -0.25) is 0 Å². The number of ether oxygens (including phenoxy) is 1. The van der Waals surface area contributed by atoms with Gasteiger partial charge in [0.15, 0.2) is 0 Å². The van der Waals surface area contributed by atoms with Crippen LogP contribution in [0, 0.1) is 12.7 Å². The summed E-state index contributed by atoms with van der Waals surface area (Å²) in [4.78, 5) is 11.6. The molecule has 108 valence electrons. The Bertz CT molecular complexity index is 643. The van der Waals surface area contributed by atoms with E-state index in [9.17, 15) is 9.18 Å². The summed E-state index contributed by atoms with van der Waals surface area (Å²) in [5.41, 5.74) is 2.21. The van der Waals surface area contributed by atoms with Gasteiger partial charge in [0.25, 0.3) is 0 Å². The number of esters is 1. The minimum atomic E-state index is -0.546. The third-order valence-electron chi connectivity index (χ3n) is 2.89. The molecule has 0 amide bonds. The standard InChI is InChI=1S/C17H14ClFO2/c1-12-5-7-13(8-6-12)11-21-17(20)10-9-14-15(18)3-2-4-16(14)19/h2-10H,11H2,1H3/b10-9+. The van der Waals surface area contributed by atoms with Crippen molar-refractivity contribution in [3.63, 3.8) is 0 Å². The maximum atomic E-state index is 13.5. The molecule has 0 bridgehead atoms. The molecule has 0 saturated heterocycles. The average molecular weight is 305 g/mol. The van der Waals surface area contributed by atoms with Crippen LogP contribution in [-0.4, -0.2) is 5.97 Å². The van der Waals surface area contributed by atoms with E-state index in [1.165, 1.54) is 24.3 Å². The molecule has 2 rings (SSSR count). The summed E-state index contributed by atoms with van der Waals surface area (Å²) in [5, 5.41) is 0.248. The molecule has 0 aromatic heterocycles. The summed E-state index contributed by atoms with van der Waals surface area (Å²) in [6.45, 7) is 2.16. The maximum Gasteiger partial charge on any atom is 0.331 e. The Morgan fingerprint density at radius 2 is 1.95 bits per heavy atom. The topological polar surface area (TPSA) is 26.3 Å². The Kier molecular flexibility index (Phi) is 5.12. The summed E-state index contributed by atoms with van der Waals surface area (Å²) >= 11 is 5.86. The van der Waals surface area contributed by atoms with E-state index < -0.39 is 11.8 Å². The molecule has 2 aromatic rings. The van der Waals surface area contributed by atoms with Crippen molar-refractivity contribution >= 4 is 23.6 Å². The molecular formula is C17H14ClFO2. The Labute approximate surface area is 127 Å². The van der Waals surface area contributed by atoms with Gasteiger partial charge < -0.3 is 4.74 Å². The average Bonchev–Trinajstić information content (AvgIpc) is 2.46. The first-order valence-corrected chi connectivity index (χ1v) is 6.78. The molecule has 0 atom stereocenters. The summed E-state index contributed by atoms with van der Waals surface area (Å²) in [6, 6.07) is 12.0. The molecular weight excluding hydrogens is 291 g/mol. The molecule has 21 heavy (non-hydrogen) atoms. The van der Waals surface area contributed by atoms with E-state index in [2.05, 4.69) is 0 Å². The molecule has 0 N–H and O–H groups in total. The third kappa shape index (κ3) is 4.43. The van der Waals surface area contributed by atoms with Gasteiger partial charge in [0, 0.05) is 11.6 Å². The highest BCUT2D eigenvalue weighted by Gasteiger charge is 2.04. The van der Waals surface area contributed by atoms with Gasteiger partial charge in [-0.25, -0.2) is 9.18 Å². The zero-order valence-corrected chi connectivity index (χ0v) is 12.2. The smallest absolute Gasteiger partial charge is 0.331 e. The normalized spacial score (nSPS) is 10.8. The number of aryl methyl sites for hydroxylation is 1. The minimum Gasteiger partial charge on any atom is -0.458 e. The van der Waals surface area contributed by atoms with Gasteiger partial charge in [-0.1, -0.05) is 47.5 Å². The number of hydrogen-bond acceptors (Lipinski definition) is 2. The Morgan fingerprint density at radius 3 is 2.62 bits per heavy atom. The van der Waals surface area contributed by atoms with Crippen LogP contribution in [0.2, 0.25) is 5.02 Å². The first-order chi connectivity index (χ1) is 10.1. The van der Waals surface area contributed by atoms with Crippen LogP contribution in [-0.2, 0) is 16.1 Å². The molecule has 0 aliphatic rings. The zero-order valence-electron chi connectivity index (χ0n) is 11.5. The molecule has 0 fully saturated rings. The van der Waals surface area contributed by atoms with E-state index >= 15 is 0 Å². The van der Waals surface area contributed by atoms with E-state index in [0.29, 0.717) is 0 Å². The first-order valence-electron chi connectivity index (χ1n) is 6.40. The lowest BCUT2D eigenvalue weighted by Crippen LogP contribution is -2.00. The van der Waals surface area contributed by atoms with Crippen LogP contribution in [0.1, 0.15) is 16.7 Å². The lowest BCUT2D eigenvalue weighted by Gasteiger charge is -2.03. The molecule has 2 aromatic carbocycles. The van der Waals surface area contributed by atoms with Gasteiger partial charge in [-0.2, -0.15) is 0 Å². The fourth-order valence-electron chi connectivity index (χ4n) is 1.71. The van der Waals surface area contributed by atoms with Crippen molar-refractivity contribution < 1.29 is 13.9 Å². The van der Waals surface area contributed by atoms with Crippen LogP contribution in [0.5, 0.6) is 0 Å². The van der Waals surface area contributed by atoms with Crippen LogP contribution in [0.15, 0.2) is 48.5 Å². The fraction of sp³-hybridized carbons (Fsp3) is 0.118. The Balaban J connectivity index is 1.95. The predicted octanol–water partition coefficient (Wildman–Crippen LogP) is 4.54. The summed E-state index contributed by atoms with van der Waals surface area (Å²) in [6.07, 6.45) is 2.48. The molecule has 0 saturated carbocycles. The minimum absolute atomic E-state index is 0.173. The lowest BCUT2D eigenvalue weighted by atomic mass is 10.2. The van der Waals surface area contributed by atoms with E-state index in [-0.39, 0.29) is 17.2 Å². The van der Waals surface area contributed by atoms with Crippen LogP contribution in [0.4, 0.5) is 4.39 Å².